The van der Waals surface area contributed by atoms with Crippen molar-refractivity contribution in [2.75, 3.05) is 0 Å². The highest BCUT2D eigenvalue weighted by atomic mass is 35.5. The van der Waals surface area contributed by atoms with Crippen LogP contribution in [0.3, 0.4) is 0 Å². The number of carbonyl (C=O) groups excluding carboxylic acids is 1. The minimum Gasteiger partial charge on any atom is -0.267 e. The highest BCUT2D eigenvalue weighted by Crippen LogP contribution is 2.06. The predicted molar refractivity (Wildman–Crippen MR) is 54.7 cm³/mol. The summed E-state index contributed by atoms with van der Waals surface area (Å²) >= 11 is 10.5. The second-order valence-corrected chi connectivity index (χ2v) is 3.43. The molecule has 0 aromatic heterocycles. The number of carbonyl (C=O) groups is 1. The molecule has 1 rings (SSSR count). The standard InChI is InChI=1S/C9H7Cl2NO/c1-6-2-4-7(5-3-6)8(13)12-9(10)11/h2-5H,1H3. The summed E-state index contributed by atoms with van der Waals surface area (Å²) in [4.78, 5) is 14.6. The van der Waals surface area contributed by atoms with E-state index < -0.39 is 5.91 Å². The Balaban J connectivity index is 2.90. The summed E-state index contributed by atoms with van der Waals surface area (Å²) in [5.74, 6) is -0.431. The first-order valence-corrected chi connectivity index (χ1v) is 4.36. The molecule has 0 aliphatic rings. The molecule has 0 saturated carbocycles. The zero-order chi connectivity index (χ0) is 9.84. The summed E-state index contributed by atoms with van der Waals surface area (Å²) in [6, 6.07) is 7.01. The highest BCUT2D eigenvalue weighted by molar-refractivity contribution is 6.95. The molecule has 0 unspecified atom stereocenters. The van der Waals surface area contributed by atoms with Crippen LogP contribution in [0.5, 0.6) is 0 Å². The highest BCUT2D eigenvalue weighted by Gasteiger charge is 2.03. The lowest BCUT2D eigenvalue weighted by Gasteiger charge is -1.95. The van der Waals surface area contributed by atoms with Crippen molar-refractivity contribution in [1.29, 1.82) is 0 Å². The van der Waals surface area contributed by atoms with E-state index >= 15 is 0 Å². The molecule has 2 nitrogen and oxygen atoms in total. The summed E-state index contributed by atoms with van der Waals surface area (Å²) in [5, 5.41) is 0. The van der Waals surface area contributed by atoms with Crippen LogP contribution in [0, 0.1) is 6.92 Å². The van der Waals surface area contributed by atoms with E-state index in [4.69, 9.17) is 23.2 Å². The monoisotopic (exact) mass is 215 g/mol. The molecule has 1 aromatic rings. The Hall–Kier alpha value is -0.860. The Morgan fingerprint density at radius 2 is 1.77 bits per heavy atom. The van der Waals surface area contributed by atoms with E-state index in [-0.39, 0.29) is 4.63 Å². The zero-order valence-electron chi connectivity index (χ0n) is 6.92. The van der Waals surface area contributed by atoms with Gasteiger partial charge in [0.1, 0.15) is 0 Å². The van der Waals surface area contributed by atoms with Crippen molar-refractivity contribution in [3.63, 3.8) is 0 Å². The SMILES string of the molecule is Cc1ccc(C(=O)N=C(Cl)Cl)cc1. The minimum atomic E-state index is -0.431. The Morgan fingerprint density at radius 3 is 2.23 bits per heavy atom. The van der Waals surface area contributed by atoms with Gasteiger partial charge in [-0.05, 0) is 42.3 Å². The van der Waals surface area contributed by atoms with E-state index in [9.17, 15) is 4.79 Å². The third-order valence-electron chi connectivity index (χ3n) is 1.48. The second kappa shape index (κ2) is 4.40. The number of hydrogen-bond donors (Lipinski definition) is 0. The lowest BCUT2D eigenvalue weighted by atomic mass is 10.1. The first-order chi connectivity index (χ1) is 6.09. The Kier molecular flexibility index (Phi) is 3.46. The quantitative estimate of drug-likeness (QED) is 0.663. The first kappa shape index (κ1) is 10.2. The van der Waals surface area contributed by atoms with Gasteiger partial charge in [0, 0.05) is 5.56 Å². The first-order valence-electron chi connectivity index (χ1n) is 3.60. The Labute approximate surface area is 86.2 Å². The van der Waals surface area contributed by atoms with Gasteiger partial charge in [-0.1, -0.05) is 17.7 Å². The largest absolute Gasteiger partial charge is 0.279 e. The Bertz CT molecular complexity index is 339. The van der Waals surface area contributed by atoms with Gasteiger partial charge < -0.3 is 0 Å². The van der Waals surface area contributed by atoms with Crippen LogP contribution in [-0.2, 0) is 0 Å². The van der Waals surface area contributed by atoms with Gasteiger partial charge in [-0.15, -0.1) is 0 Å². The summed E-state index contributed by atoms with van der Waals surface area (Å²) in [5.41, 5.74) is 1.56. The number of aliphatic imine (C=N–C) groups is 1. The summed E-state index contributed by atoms with van der Waals surface area (Å²) < 4.78 is -0.273. The van der Waals surface area contributed by atoms with Crippen molar-refractivity contribution in [3.8, 4) is 0 Å². The van der Waals surface area contributed by atoms with E-state index in [1.165, 1.54) is 0 Å². The number of benzene rings is 1. The molecule has 4 heteroatoms. The van der Waals surface area contributed by atoms with Gasteiger partial charge in [-0.2, -0.15) is 4.99 Å². The van der Waals surface area contributed by atoms with Crippen LogP contribution in [0.2, 0.25) is 0 Å². The van der Waals surface area contributed by atoms with Gasteiger partial charge in [0.25, 0.3) is 5.91 Å². The van der Waals surface area contributed by atoms with Gasteiger partial charge >= 0.3 is 0 Å². The fourth-order valence-electron chi connectivity index (χ4n) is 0.837. The molecule has 1 amide bonds. The number of hydrogen-bond acceptors (Lipinski definition) is 1. The topological polar surface area (TPSA) is 29.4 Å². The van der Waals surface area contributed by atoms with Gasteiger partial charge in [0.2, 0.25) is 0 Å². The lowest BCUT2D eigenvalue weighted by Crippen LogP contribution is -1.95. The number of aryl methyl sites for hydroxylation is 1. The molecule has 0 radical (unpaired) electrons. The van der Waals surface area contributed by atoms with Gasteiger partial charge in [-0.25, -0.2) is 0 Å². The van der Waals surface area contributed by atoms with Crippen molar-refractivity contribution >= 4 is 33.7 Å². The van der Waals surface area contributed by atoms with Crippen LogP contribution in [0.25, 0.3) is 0 Å². The van der Waals surface area contributed by atoms with Crippen molar-refractivity contribution in [2.45, 2.75) is 6.92 Å². The molecular weight excluding hydrogens is 209 g/mol. The minimum absolute atomic E-state index is 0.273. The molecule has 0 heterocycles. The molecule has 0 bridgehead atoms. The third kappa shape index (κ3) is 3.17. The third-order valence-corrected chi connectivity index (χ3v) is 1.65. The second-order valence-electron chi connectivity index (χ2n) is 2.52. The van der Waals surface area contributed by atoms with Crippen LogP contribution in [0.1, 0.15) is 15.9 Å². The van der Waals surface area contributed by atoms with Crippen molar-refractivity contribution in [2.24, 2.45) is 4.99 Å². The van der Waals surface area contributed by atoms with Gasteiger partial charge in [0.05, 0.1) is 0 Å². The molecular formula is C9H7Cl2NO. The molecule has 68 valence electrons. The number of halogens is 2. The molecule has 0 atom stereocenters. The molecule has 1 aromatic carbocycles. The normalized spacial score (nSPS) is 9.46. The van der Waals surface area contributed by atoms with Crippen molar-refractivity contribution < 1.29 is 4.79 Å². The number of nitrogens with zero attached hydrogens (tertiary/aromatic N) is 1. The molecule has 0 saturated heterocycles. The molecule has 0 N–H and O–H groups in total. The Morgan fingerprint density at radius 1 is 1.23 bits per heavy atom. The summed E-state index contributed by atoms with van der Waals surface area (Å²) in [7, 11) is 0. The number of amides is 1. The molecule has 13 heavy (non-hydrogen) atoms. The lowest BCUT2D eigenvalue weighted by molar-refractivity contribution is 0.100. The zero-order valence-corrected chi connectivity index (χ0v) is 8.43. The maximum absolute atomic E-state index is 11.2. The molecule has 0 aliphatic heterocycles. The summed E-state index contributed by atoms with van der Waals surface area (Å²) in [6.07, 6.45) is 0. The fraction of sp³-hybridized carbons (Fsp3) is 0.111. The molecule has 0 fully saturated rings. The molecule has 0 spiro atoms. The van der Waals surface area contributed by atoms with Crippen LogP contribution < -0.4 is 0 Å². The smallest absolute Gasteiger partial charge is 0.267 e. The van der Waals surface area contributed by atoms with Crippen molar-refractivity contribution in [3.05, 3.63) is 35.4 Å². The fourth-order valence-corrected chi connectivity index (χ4v) is 0.991. The van der Waals surface area contributed by atoms with Crippen LogP contribution in [-0.4, -0.2) is 10.5 Å². The predicted octanol–water partition coefficient (Wildman–Crippen LogP) is 2.97. The maximum atomic E-state index is 11.2. The van der Waals surface area contributed by atoms with Crippen LogP contribution in [0.15, 0.2) is 29.3 Å². The average Bonchev–Trinajstić information content (AvgIpc) is 2.04. The number of rotatable bonds is 1. The average molecular weight is 216 g/mol. The molecule has 0 aliphatic carbocycles. The van der Waals surface area contributed by atoms with Crippen molar-refractivity contribution in [1.82, 2.24) is 0 Å². The van der Waals surface area contributed by atoms with E-state index in [0.717, 1.165) is 5.56 Å². The van der Waals surface area contributed by atoms with Crippen LogP contribution in [0.4, 0.5) is 0 Å². The summed E-state index contributed by atoms with van der Waals surface area (Å²) in [6.45, 7) is 1.94. The van der Waals surface area contributed by atoms with Gasteiger partial charge in [0.15, 0.2) is 4.63 Å². The van der Waals surface area contributed by atoms with Gasteiger partial charge in [-0.3, -0.25) is 4.79 Å². The van der Waals surface area contributed by atoms with E-state index in [1.54, 1.807) is 12.1 Å². The van der Waals surface area contributed by atoms with E-state index in [2.05, 4.69) is 4.99 Å². The van der Waals surface area contributed by atoms with Crippen LogP contribution >= 0.6 is 23.2 Å². The van der Waals surface area contributed by atoms with E-state index in [0.29, 0.717) is 5.56 Å². The maximum Gasteiger partial charge on any atom is 0.279 e. The van der Waals surface area contributed by atoms with E-state index in [1.807, 2.05) is 19.1 Å².